The zero-order chi connectivity index (χ0) is 19.6. The van der Waals surface area contributed by atoms with Gasteiger partial charge in [0.1, 0.15) is 0 Å². The van der Waals surface area contributed by atoms with Crippen LogP contribution in [0.2, 0.25) is 0 Å². The highest BCUT2D eigenvalue weighted by Gasteiger charge is 2.28. The number of rotatable bonds is 8. The molecular weight excluding hydrogens is 334 g/mol. The van der Waals surface area contributed by atoms with E-state index >= 15 is 0 Å². The summed E-state index contributed by atoms with van der Waals surface area (Å²) in [6.07, 6.45) is 0. The summed E-state index contributed by atoms with van der Waals surface area (Å²) in [5, 5.41) is 9.41. The summed E-state index contributed by atoms with van der Waals surface area (Å²) in [4.78, 5) is 0.413. The summed E-state index contributed by atoms with van der Waals surface area (Å²) in [5.74, 6) is 0.551. The highest BCUT2D eigenvalue weighted by atomic mass is 32.2. The van der Waals surface area contributed by atoms with Gasteiger partial charge in [-0.1, -0.05) is 67.5 Å². The van der Waals surface area contributed by atoms with Gasteiger partial charge in [-0.15, -0.1) is 0 Å². The first-order valence-electron chi connectivity index (χ1n) is 9.10. The van der Waals surface area contributed by atoms with Crippen LogP contribution in [-0.2, 0) is 10.0 Å². The molecule has 0 aliphatic heterocycles. The van der Waals surface area contributed by atoms with Crippen molar-refractivity contribution >= 4 is 10.0 Å². The van der Waals surface area contributed by atoms with Crippen molar-refractivity contribution in [2.75, 3.05) is 13.2 Å². The van der Waals surface area contributed by atoms with Gasteiger partial charge in [-0.3, -0.25) is 0 Å². The van der Waals surface area contributed by atoms with Crippen molar-refractivity contribution < 1.29 is 13.5 Å². The molecule has 0 aromatic heterocycles. The molecule has 0 fully saturated rings. The average Bonchev–Trinajstić information content (AvgIpc) is 2.51. The Kier molecular flexibility index (Phi) is 7.25. The molecule has 0 heterocycles. The quantitative estimate of drug-likeness (QED) is 0.716. The molecule has 5 heteroatoms. The first-order chi connectivity index (χ1) is 11.3. The second-order valence-electron chi connectivity index (χ2n) is 8.64. The second kappa shape index (κ2) is 8.19. The molecule has 0 aliphatic carbocycles. The lowest BCUT2D eigenvalue weighted by molar-refractivity contribution is 0.163. The molecule has 1 aromatic carbocycles. The smallest absolute Gasteiger partial charge is 0.241 e. The van der Waals surface area contributed by atoms with E-state index in [1.807, 2.05) is 53.7 Å². The van der Waals surface area contributed by atoms with Crippen LogP contribution in [0.5, 0.6) is 0 Å². The fraction of sp³-hybridized carbons (Fsp3) is 0.700. The Morgan fingerprint density at radius 1 is 0.960 bits per heavy atom. The van der Waals surface area contributed by atoms with Crippen LogP contribution >= 0.6 is 0 Å². The summed E-state index contributed by atoms with van der Waals surface area (Å²) >= 11 is 0. The van der Waals surface area contributed by atoms with Crippen LogP contribution in [0.25, 0.3) is 0 Å². The lowest BCUT2D eigenvalue weighted by Crippen LogP contribution is -2.37. The third-order valence-corrected chi connectivity index (χ3v) is 6.05. The van der Waals surface area contributed by atoms with E-state index in [1.54, 1.807) is 0 Å². The van der Waals surface area contributed by atoms with Gasteiger partial charge in [-0.25, -0.2) is 13.1 Å². The Balaban J connectivity index is 3.55. The van der Waals surface area contributed by atoms with E-state index in [0.29, 0.717) is 10.8 Å². The Morgan fingerprint density at radius 2 is 1.40 bits per heavy atom. The van der Waals surface area contributed by atoms with E-state index in [4.69, 9.17) is 0 Å². The molecule has 1 aromatic rings. The minimum absolute atomic E-state index is 0.0735. The van der Waals surface area contributed by atoms with Crippen molar-refractivity contribution in [3.8, 4) is 0 Å². The van der Waals surface area contributed by atoms with Gasteiger partial charge in [0, 0.05) is 18.6 Å². The van der Waals surface area contributed by atoms with E-state index in [-0.39, 0.29) is 25.0 Å². The fourth-order valence-electron chi connectivity index (χ4n) is 2.62. The number of nitrogens with one attached hydrogen (secondary N) is 1. The van der Waals surface area contributed by atoms with Gasteiger partial charge in [-0.2, -0.15) is 0 Å². The van der Waals surface area contributed by atoms with Gasteiger partial charge in [0.05, 0.1) is 4.90 Å². The van der Waals surface area contributed by atoms with Crippen molar-refractivity contribution in [3.05, 3.63) is 28.8 Å². The molecule has 2 N–H and O–H groups in total. The largest absolute Gasteiger partial charge is 0.396 e. The third-order valence-electron chi connectivity index (χ3n) is 4.52. The summed E-state index contributed by atoms with van der Waals surface area (Å²) in [7, 11) is -3.66. The highest BCUT2D eigenvalue weighted by Crippen LogP contribution is 2.35. The summed E-state index contributed by atoms with van der Waals surface area (Å²) in [5.41, 5.74) is 2.40. The Labute approximate surface area is 154 Å². The maximum Gasteiger partial charge on any atom is 0.241 e. The zero-order valence-electron chi connectivity index (χ0n) is 17.0. The monoisotopic (exact) mass is 369 g/mol. The topological polar surface area (TPSA) is 66.4 Å². The fourth-order valence-corrected chi connectivity index (χ4v) is 4.55. The van der Waals surface area contributed by atoms with Crippen molar-refractivity contribution in [3.63, 3.8) is 0 Å². The van der Waals surface area contributed by atoms with Crippen LogP contribution in [0.3, 0.4) is 0 Å². The molecule has 1 rings (SSSR count). The first-order valence-corrected chi connectivity index (χ1v) is 10.6. The minimum atomic E-state index is -3.66. The molecule has 144 valence electrons. The predicted molar refractivity (Wildman–Crippen MR) is 105 cm³/mol. The first kappa shape index (κ1) is 22.1. The van der Waals surface area contributed by atoms with Crippen molar-refractivity contribution in [2.45, 2.75) is 78.0 Å². The maximum atomic E-state index is 13.1. The number of aliphatic hydroxyl groups excluding tert-OH is 1. The van der Waals surface area contributed by atoms with Gasteiger partial charge in [0.2, 0.25) is 10.0 Å². The molecule has 0 aliphatic rings. The molecule has 25 heavy (non-hydrogen) atoms. The summed E-state index contributed by atoms with van der Waals surface area (Å²) < 4.78 is 29.0. The molecule has 0 bridgehead atoms. The highest BCUT2D eigenvalue weighted by molar-refractivity contribution is 7.89. The van der Waals surface area contributed by atoms with Gasteiger partial charge < -0.3 is 5.11 Å². The lowest BCUT2D eigenvalue weighted by atomic mass is 9.89. The standard InChI is InChI=1S/C20H35NO3S/c1-13(2)16-9-17(14(3)4)19(18(10-16)15(5)6)25(23,24)21-11-20(7,8)12-22/h9-10,13-15,21-22H,11-12H2,1-8H3. The van der Waals surface area contributed by atoms with Gasteiger partial charge in [0.25, 0.3) is 0 Å². The molecule has 0 unspecified atom stereocenters. The van der Waals surface area contributed by atoms with Crippen LogP contribution in [0.1, 0.15) is 89.8 Å². The molecule has 0 saturated carbocycles. The number of aliphatic hydroxyl groups is 1. The van der Waals surface area contributed by atoms with Crippen LogP contribution < -0.4 is 4.72 Å². The Bertz CT molecular complexity index is 660. The predicted octanol–water partition coefficient (Wildman–Crippen LogP) is 4.35. The van der Waals surface area contributed by atoms with Crippen LogP contribution in [-0.4, -0.2) is 26.7 Å². The molecule has 0 radical (unpaired) electrons. The van der Waals surface area contributed by atoms with Crippen LogP contribution in [0, 0.1) is 5.41 Å². The molecule has 0 spiro atoms. The van der Waals surface area contributed by atoms with E-state index in [2.05, 4.69) is 18.6 Å². The van der Waals surface area contributed by atoms with Gasteiger partial charge >= 0.3 is 0 Å². The molecule has 0 amide bonds. The van der Waals surface area contributed by atoms with E-state index in [1.165, 1.54) is 5.56 Å². The minimum Gasteiger partial charge on any atom is -0.396 e. The van der Waals surface area contributed by atoms with Gasteiger partial charge in [-0.05, 0) is 34.4 Å². The average molecular weight is 370 g/mol. The number of sulfonamides is 1. The number of benzene rings is 1. The summed E-state index contributed by atoms with van der Waals surface area (Å²) in [6.45, 7) is 16.2. The molecule has 0 atom stereocenters. The SMILES string of the molecule is CC(C)c1cc(C(C)C)c(S(=O)(=O)NCC(C)(C)CO)c(C(C)C)c1. The Hall–Kier alpha value is -0.910. The van der Waals surface area contributed by atoms with E-state index in [9.17, 15) is 13.5 Å². The normalized spacial score (nSPS) is 13.3. The molecule has 4 nitrogen and oxygen atoms in total. The molecule has 0 saturated heterocycles. The van der Waals surface area contributed by atoms with Crippen molar-refractivity contribution in [1.29, 1.82) is 0 Å². The zero-order valence-corrected chi connectivity index (χ0v) is 17.8. The Morgan fingerprint density at radius 3 is 1.72 bits per heavy atom. The van der Waals surface area contributed by atoms with Crippen molar-refractivity contribution in [2.24, 2.45) is 5.41 Å². The number of hydrogen-bond donors (Lipinski definition) is 2. The lowest BCUT2D eigenvalue weighted by Gasteiger charge is -2.25. The second-order valence-corrected chi connectivity index (χ2v) is 10.3. The number of hydrogen-bond acceptors (Lipinski definition) is 3. The van der Waals surface area contributed by atoms with Crippen molar-refractivity contribution in [1.82, 2.24) is 4.72 Å². The third kappa shape index (κ3) is 5.53. The summed E-state index contributed by atoms with van der Waals surface area (Å²) in [6, 6.07) is 4.07. The van der Waals surface area contributed by atoms with Crippen LogP contribution in [0.15, 0.2) is 17.0 Å². The van der Waals surface area contributed by atoms with Gasteiger partial charge in [0.15, 0.2) is 0 Å². The molecular formula is C20H35NO3S. The maximum absolute atomic E-state index is 13.1. The van der Waals surface area contributed by atoms with E-state index < -0.39 is 15.4 Å². The van der Waals surface area contributed by atoms with Crippen LogP contribution in [0.4, 0.5) is 0 Å². The van der Waals surface area contributed by atoms with E-state index in [0.717, 1.165) is 11.1 Å².